The van der Waals surface area contributed by atoms with E-state index in [1.165, 1.54) is 6.20 Å². The van der Waals surface area contributed by atoms with Gasteiger partial charge in [-0.3, -0.25) is 9.78 Å². The first-order valence-corrected chi connectivity index (χ1v) is 6.76. The van der Waals surface area contributed by atoms with Crippen molar-refractivity contribution in [3.8, 4) is 11.8 Å². The van der Waals surface area contributed by atoms with Gasteiger partial charge in [-0.1, -0.05) is 35.0 Å². The summed E-state index contributed by atoms with van der Waals surface area (Å²) in [6.07, 6.45) is 3.01. The van der Waals surface area contributed by atoms with Crippen molar-refractivity contribution in [3.05, 3.63) is 57.8 Å². The molecular weight excluding hydrogens is 309 g/mol. The molecule has 106 valence electrons. The number of carbonyl (C=O) groups is 1. The Morgan fingerprint density at radius 3 is 2.86 bits per heavy atom. The lowest BCUT2D eigenvalue weighted by molar-refractivity contribution is 0.102. The average Bonchev–Trinajstić information content (AvgIpc) is 2.49. The lowest BCUT2D eigenvalue weighted by atomic mass is 10.2. The summed E-state index contributed by atoms with van der Waals surface area (Å²) < 4.78 is 0. The average molecular weight is 320 g/mol. The van der Waals surface area contributed by atoms with Gasteiger partial charge in [0.15, 0.2) is 0 Å². The Labute approximate surface area is 132 Å². The molecule has 0 bridgehead atoms. The van der Waals surface area contributed by atoms with E-state index < -0.39 is 0 Å². The number of carbonyl (C=O) groups excluding carboxylic acids is 1. The van der Waals surface area contributed by atoms with Gasteiger partial charge >= 0.3 is 0 Å². The summed E-state index contributed by atoms with van der Waals surface area (Å²) in [6.45, 7) is 0.245. The Kier molecular flexibility index (Phi) is 5.18. The summed E-state index contributed by atoms with van der Waals surface area (Å²) in [5.74, 6) is 5.18. The fourth-order valence-corrected chi connectivity index (χ4v) is 1.91. The van der Waals surface area contributed by atoms with Crippen LogP contribution in [-0.4, -0.2) is 17.4 Å². The topological polar surface area (TPSA) is 68.0 Å². The van der Waals surface area contributed by atoms with Crippen LogP contribution in [0.5, 0.6) is 0 Å². The van der Waals surface area contributed by atoms with Crippen LogP contribution in [0.2, 0.25) is 10.0 Å². The number of nitrogens with one attached hydrogen (secondary N) is 1. The number of aromatic nitrogens is 1. The fraction of sp³-hybridized carbons (Fsp3) is 0.0667. The minimum absolute atomic E-state index is 0.245. The van der Waals surface area contributed by atoms with Crippen molar-refractivity contribution in [2.24, 2.45) is 5.73 Å². The van der Waals surface area contributed by atoms with Crippen molar-refractivity contribution in [1.82, 2.24) is 4.98 Å². The quantitative estimate of drug-likeness (QED) is 0.836. The van der Waals surface area contributed by atoms with Crippen LogP contribution < -0.4 is 11.1 Å². The van der Waals surface area contributed by atoms with Gasteiger partial charge in [-0.2, -0.15) is 0 Å². The highest BCUT2D eigenvalue weighted by Gasteiger charge is 2.09. The smallest absolute Gasteiger partial charge is 0.257 e. The van der Waals surface area contributed by atoms with Crippen LogP contribution in [0, 0.1) is 11.8 Å². The molecule has 0 aliphatic rings. The number of nitrogens with two attached hydrogens (primary N) is 1. The highest BCUT2D eigenvalue weighted by molar-refractivity contribution is 6.35. The van der Waals surface area contributed by atoms with Gasteiger partial charge in [-0.25, -0.2) is 0 Å². The zero-order chi connectivity index (χ0) is 15.2. The molecule has 2 aromatic rings. The third-order valence-corrected chi connectivity index (χ3v) is 3.08. The summed E-state index contributed by atoms with van der Waals surface area (Å²) >= 11 is 11.9. The zero-order valence-corrected chi connectivity index (χ0v) is 12.4. The van der Waals surface area contributed by atoms with E-state index in [1.807, 2.05) is 0 Å². The largest absolute Gasteiger partial charge is 0.321 e. The molecule has 1 heterocycles. The molecule has 0 fully saturated rings. The molecule has 0 aliphatic heterocycles. The Morgan fingerprint density at radius 2 is 2.10 bits per heavy atom. The van der Waals surface area contributed by atoms with Crippen LogP contribution in [0.3, 0.4) is 0 Å². The van der Waals surface area contributed by atoms with E-state index in [0.717, 1.165) is 0 Å². The Morgan fingerprint density at radius 1 is 1.29 bits per heavy atom. The number of benzene rings is 1. The van der Waals surface area contributed by atoms with Gasteiger partial charge in [0.2, 0.25) is 0 Å². The van der Waals surface area contributed by atoms with E-state index in [0.29, 0.717) is 26.9 Å². The summed E-state index contributed by atoms with van der Waals surface area (Å²) in [5, 5.41) is 3.57. The van der Waals surface area contributed by atoms with Gasteiger partial charge in [0, 0.05) is 23.0 Å². The zero-order valence-electron chi connectivity index (χ0n) is 10.9. The van der Waals surface area contributed by atoms with E-state index in [2.05, 4.69) is 22.1 Å². The Balaban J connectivity index is 2.22. The maximum Gasteiger partial charge on any atom is 0.257 e. The molecule has 0 atom stereocenters. The van der Waals surface area contributed by atoms with Gasteiger partial charge in [0.1, 0.15) is 0 Å². The van der Waals surface area contributed by atoms with Gasteiger partial charge < -0.3 is 11.1 Å². The highest BCUT2D eigenvalue weighted by atomic mass is 35.5. The number of rotatable bonds is 2. The van der Waals surface area contributed by atoms with E-state index in [4.69, 9.17) is 28.9 Å². The summed E-state index contributed by atoms with van der Waals surface area (Å²) in [5.41, 5.74) is 6.73. The molecule has 0 unspecified atom stereocenters. The lowest BCUT2D eigenvalue weighted by Crippen LogP contribution is -2.12. The maximum absolute atomic E-state index is 12.2. The van der Waals surface area contributed by atoms with Crippen molar-refractivity contribution < 1.29 is 4.79 Å². The van der Waals surface area contributed by atoms with Crippen LogP contribution in [0.1, 0.15) is 15.9 Å². The fourth-order valence-electron chi connectivity index (χ4n) is 1.57. The Hall–Kier alpha value is -2.06. The van der Waals surface area contributed by atoms with Crippen molar-refractivity contribution >= 4 is 34.8 Å². The number of pyridine rings is 1. The van der Waals surface area contributed by atoms with Gasteiger partial charge in [-0.15, -0.1) is 0 Å². The monoisotopic (exact) mass is 319 g/mol. The van der Waals surface area contributed by atoms with Crippen molar-refractivity contribution in [2.75, 3.05) is 11.9 Å². The first-order chi connectivity index (χ1) is 10.1. The van der Waals surface area contributed by atoms with Crippen LogP contribution in [0.15, 0.2) is 36.7 Å². The molecule has 0 saturated carbocycles. The molecule has 0 radical (unpaired) electrons. The number of amides is 1. The molecule has 0 aliphatic carbocycles. The molecular formula is C15H11Cl2N3O. The summed E-state index contributed by atoms with van der Waals surface area (Å²) in [4.78, 5) is 16.2. The first kappa shape index (κ1) is 15.3. The molecule has 0 saturated heterocycles. The molecule has 1 amide bonds. The van der Waals surface area contributed by atoms with Gasteiger partial charge in [-0.05, 0) is 24.3 Å². The van der Waals surface area contributed by atoms with Crippen molar-refractivity contribution in [2.45, 2.75) is 0 Å². The number of nitrogens with zero attached hydrogens (tertiary/aromatic N) is 1. The second-order valence-corrected chi connectivity index (χ2v) is 4.89. The maximum atomic E-state index is 12.2. The Bertz CT molecular complexity index is 735. The number of halogens is 2. The number of anilines is 1. The number of hydrogen-bond acceptors (Lipinski definition) is 3. The van der Waals surface area contributed by atoms with Crippen molar-refractivity contribution in [1.29, 1.82) is 0 Å². The molecule has 1 aromatic heterocycles. The molecule has 21 heavy (non-hydrogen) atoms. The standard InChI is InChI=1S/C15H11Cl2N3O/c16-12-3-4-13(17)14(7-12)20-15(21)11-6-10(2-1-5-18)8-19-9-11/h3-4,6-9H,5,18H2,(H,20,21). The van der Waals surface area contributed by atoms with Gasteiger partial charge in [0.05, 0.1) is 22.8 Å². The first-order valence-electron chi connectivity index (χ1n) is 6.00. The van der Waals surface area contributed by atoms with Gasteiger partial charge in [0.25, 0.3) is 5.91 Å². The molecule has 3 N–H and O–H groups in total. The molecule has 2 rings (SSSR count). The normalized spacial score (nSPS) is 9.67. The summed E-state index contributed by atoms with van der Waals surface area (Å²) in [6, 6.07) is 6.46. The molecule has 6 heteroatoms. The second kappa shape index (κ2) is 7.09. The predicted octanol–water partition coefficient (Wildman–Crippen LogP) is 2.95. The van der Waals surface area contributed by atoms with E-state index in [1.54, 1.807) is 30.5 Å². The van der Waals surface area contributed by atoms with E-state index in [-0.39, 0.29) is 12.5 Å². The van der Waals surface area contributed by atoms with Crippen LogP contribution >= 0.6 is 23.2 Å². The highest BCUT2D eigenvalue weighted by Crippen LogP contribution is 2.25. The van der Waals surface area contributed by atoms with Crippen LogP contribution in [0.25, 0.3) is 0 Å². The summed E-state index contributed by atoms with van der Waals surface area (Å²) in [7, 11) is 0. The lowest BCUT2D eigenvalue weighted by Gasteiger charge is -2.07. The molecule has 4 nitrogen and oxygen atoms in total. The minimum atomic E-state index is -0.344. The third-order valence-electron chi connectivity index (χ3n) is 2.51. The third kappa shape index (κ3) is 4.20. The number of hydrogen-bond donors (Lipinski definition) is 2. The van der Waals surface area contributed by atoms with E-state index in [9.17, 15) is 4.79 Å². The van der Waals surface area contributed by atoms with Crippen LogP contribution in [-0.2, 0) is 0 Å². The SMILES string of the molecule is NCC#Cc1cncc(C(=O)Nc2cc(Cl)ccc2Cl)c1. The van der Waals surface area contributed by atoms with Crippen molar-refractivity contribution in [3.63, 3.8) is 0 Å². The second-order valence-electron chi connectivity index (χ2n) is 4.05. The molecule has 1 aromatic carbocycles. The molecule has 0 spiro atoms. The van der Waals surface area contributed by atoms with Crippen LogP contribution in [0.4, 0.5) is 5.69 Å². The predicted molar refractivity (Wildman–Crippen MR) is 84.6 cm³/mol. The van der Waals surface area contributed by atoms with E-state index >= 15 is 0 Å². The minimum Gasteiger partial charge on any atom is -0.321 e.